The van der Waals surface area contributed by atoms with Gasteiger partial charge in [-0.1, -0.05) is 13.8 Å². The summed E-state index contributed by atoms with van der Waals surface area (Å²) < 4.78 is 5.26. The van der Waals surface area contributed by atoms with Crippen molar-refractivity contribution in [3.8, 4) is 0 Å². The average Bonchev–Trinajstić information content (AvgIpc) is 2.70. The third-order valence-corrected chi connectivity index (χ3v) is 2.65. The van der Waals surface area contributed by atoms with E-state index in [1.54, 1.807) is 6.26 Å². The lowest BCUT2D eigenvalue weighted by atomic mass is 10.0. The van der Waals surface area contributed by atoms with Gasteiger partial charge in [-0.3, -0.25) is 0 Å². The summed E-state index contributed by atoms with van der Waals surface area (Å²) >= 11 is 0. The van der Waals surface area contributed by atoms with Gasteiger partial charge < -0.3 is 15.5 Å². The first-order chi connectivity index (χ1) is 7.24. The molecule has 0 fully saturated rings. The Hall–Kier alpha value is -0.800. The number of hydrogen-bond acceptors (Lipinski definition) is 3. The number of nitrogens with two attached hydrogens (primary N) is 1. The Bertz CT molecular complexity index is 244. The summed E-state index contributed by atoms with van der Waals surface area (Å²) in [6.45, 7) is 6.09. The summed E-state index contributed by atoms with van der Waals surface area (Å²) in [5.41, 5.74) is 5.67. The van der Waals surface area contributed by atoms with Crippen LogP contribution in [0.5, 0.6) is 0 Å². The van der Waals surface area contributed by atoms with Gasteiger partial charge in [0.25, 0.3) is 0 Å². The molecule has 1 unspecified atom stereocenters. The standard InChI is InChI=1S/C12H22N2O/c1-10(2)12(9-13)14-7-3-5-11-6-4-8-15-11/h4,6,8,10,12,14H,3,5,7,9,13H2,1-2H3. The Morgan fingerprint density at radius 2 is 2.27 bits per heavy atom. The van der Waals surface area contributed by atoms with Gasteiger partial charge in [-0.2, -0.15) is 0 Å². The molecule has 1 rings (SSSR count). The molecule has 0 spiro atoms. The number of furan rings is 1. The van der Waals surface area contributed by atoms with E-state index in [9.17, 15) is 0 Å². The molecule has 0 amide bonds. The maximum Gasteiger partial charge on any atom is 0.103 e. The predicted octanol–water partition coefficient (Wildman–Crippen LogP) is 1.79. The van der Waals surface area contributed by atoms with Crippen LogP contribution in [0.15, 0.2) is 22.8 Å². The van der Waals surface area contributed by atoms with Crippen molar-refractivity contribution >= 4 is 0 Å². The highest BCUT2D eigenvalue weighted by molar-refractivity contribution is 4.97. The van der Waals surface area contributed by atoms with Crippen molar-refractivity contribution in [2.24, 2.45) is 11.7 Å². The second-order valence-electron chi connectivity index (χ2n) is 4.22. The van der Waals surface area contributed by atoms with Crippen LogP contribution in [0.3, 0.4) is 0 Å². The van der Waals surface area contributed by atoms with Gasteiger partial charge >= 0.3 is 0 Å². The number of hydrogen-bond donors (Lipinski definition) is 2. The highest BCUT2D eigenvalue weighted by Gasteiger charge is 2.09. The number of nitrogens with one attached hydrogen (secondary N) is 1. The summed E-state index contributed by atoms with van der Waals surface area (Å²) in [6, 6.07) is 4.38. The van der Waals surface area contributed by atoms with Gasteiger partial charge in [-0.25, -0.2) is 0 Å². The van der Waals surface area contributed by atoms with E-state index in [1.807, 2.05) is 12.1 Å². The lowest BCUT2D eigenvalue weighted by Crippen LogP contribution is -2.40. The lowest BCUT2D eigenvalue weighted by Gasteiger charge is -2.20. The molecule has 3 heteroatoms. The molecule has 0 saturated carbocycles. The first-order valence-electron chi connectivity index (χ1n) is 5.70. The van der Waals surface area contributed by atoms with E-state index >= 15 is 0 Å². The molecule has 0 bridgehead atoms. The fourth-order valence-corrected chi connectivity index (χ4v) is 1.60. The zero-order valence-corrected chi connectivity index (χ0v) is 9.70. The molecule has 1 aromatic rings. The zero-order chi connectivity index (χ0) is 11.1. The minimum atomic E-state index is 0.432. The van der Waals surface area contributed by atoms with Gasteiger partial charge in [0.2, 0.25) is 0 Å². The van der Waals surface area contributed by atoms with Crippen molar-refractivity contribution < 1.29 is 4.42 Å². The van der Waals surface area contributed by atoms with Crippen LogP contribution in [0, 0.1) is 5.92 Å². The first-order valence-corrected chi connectivity index (χ1v) is 5.70. The zero-order valence-electron chi connectivity index (χ0n) is 9.70. The van der Waals surface area contributed by atoms with Gasteiger partial charge in [0.1, 0.15) is 5.76 Å². The average molecular weight is 210 g/mol. The molecule has 0 aliphatic rings. The Balaban J connectivity index is 2.10. The van der Waals surface area contributed by atoms with E-state index in [4.69, 9.17) is 10.2 Å². The largest absolute Gasteiger partial charge is 0.469 e. The summed E-state index contributed by atoms with van der Waals surface area (Å²) in [7, 11) is 0. The van der Waals surface area contributed by atoms with Crippen molar-refractivity contribution in [2.75, 3.05) is 13.1 Å². The van der Waals surface area contributed by atoms with Crippen molar-refractivity contribution in [1.82, 2.24) is 5.32 Å². The molecule has 1 atom stereocenters. The highest BCUT2D eigenvalue weighted by Crippen LogP contribution is 2.04. The van der Waals surface area contributed by atoms with E-state index in [0.717, 1.165) is 25.1 Å². The van der Waals surface area contributed by atoms with Crippen LogP contribution in [0.1, 0.15) is 26.0 Å². The molecule has 0 aliphatic carbocycles. The maximum atomic E-state index is 5.67. The van der Waals surface area contributed by atoms with E-state index in [2.05, 4.69) is 19.2 Å². The maximum absolute atomic E-state index is 5.67. The molecule has 0 aliphatic heterocycles. The summed E-state index contributed by atoms with van der Waals surface area (Å²) in [6.07, 6.45) is 3.81. The predicted molar refractivity (Wildman–Crippen MR) is 62.7 cm³/mol. The van der Waals surface area contributed by atoms with Gasteiger partial charge in [0.15, 0.2) is 0 Å². The molecular formula is C12H22N2O. The van der Waals surface area contributed by atoms with Crippen LogP contribution < -0.4 is 11.1 Å². The topological polar surface area (TPSA) is 51.2 Å². The number of aryl methyl sites for hydroxylation is 1. The molecule has 0 saturated heterocycles. The summed E-state index contributed by atoms with van der Waals surface area (Å²) in [5.74, 6) is 1.66. The molecule has 1 aromatic heterocycles. The van der Waals surface area contributed by atoms with Crippen LogP contribution >= 0.6 is 0 Å². The molecule has 15 heavy (non-hydrogen) atoms. The van der Waals surface area contributed by atoms with Crippen molar-refractivity contribution in [3.63, 3.8) is 0 Å². The molecule has 1 heterocycles. The number of rotatable bonds is 7. The molecule has 3 nitrogen and oxygen atoms in total. The third-order valence-electron chi connectivity index (χ3n) is 2.65. The van der Waals surface area contributed by atoms with Crippen LogP contribution in [-0.4, -0.2) is 19.1 Å². The van der Waals surface area contributed by atoms with Gasteiger partial charge in [-0.15, -0.1) is 0 Å². The molecule has 86 valence electrons. The lowest BCUT2D eigenvalue weighted by molar-refractivity contribution is 0.399. The molecule has 0 radical (unpaired) electrons. The first kappa shape index (κ1) is 12.3. The van der Waals surface area contributed by atoms with Crippen LogP contribution in [0.2, 0.25) is 0 Å². The second kappa shape index (κ2) is 6.64. The minimum absolute atomic E-state index is 0.432. The molecule has 0 aromatic carbocycles. The Morgan fingerprint density at radius 1 is 1.47 bits per heavy atom. The summed E-state index contributed by atoms with van der Waals surface area (Å²) in [5, 5.41) is 3.46. The fourth-order valence-electron chi connectivity index (χ4n) is 1.60. The van der Waals surface area contributed by atoms with E-state index in [0.29, 0.717) is 18.5 Å². The smallest absolute Gasteiger partial charge is 0.103 e. The van der Waals surface area contributed by atoms with Crippen LogP contribution in [-0.2, 0) is 6.42 Å². The highest BCUT2D eigenvalue weighted by atomic mass is 16.3. The van der Waals surface area contributed by atoms with E-state index in [1.165, 1.54) is 0 Å². The normalized spacial score (nSPS) is 13.3. The van der Waals surface area contributed by atoms with Gasteiger partial charge in [0.05, 0.1) is 6.26 Å². The van der Waals surface area contributed by atoms with E-state index in [-0.39, 0.29) is 0 Å². The molecule has 3 N–H and O–H groups in total. The van der Waals surface area contributed by atoms with E-state index < -0.39 is 0 Å². The minimum Gasteiger partial charge on any atom is -0.469 e. The second-order valence-corrected chi connectivity index (χ2v) is 4.22. The molecular weight excluding hydrogens is 188 g/mol. The third kappa shape index (κ3) is 4.49. The monoisotopic (exact) mass is 210 g/mol. The summed E-state index contributed by atoms with van der Waals surface area (Å²) in [4.78, 5) is 0. The Labute approximate surface area is 92.0 Å². The fraction of sp³-hybridized carbons (Fsp3) is 0.667. The van der Waals surface area contributed by atoms with Gasteiger partial charge in [0, 0.05) is 19.0 Å². The Kier molecular flexibility index (Phi) is 5.43. The van der Waals surface area contributed by atoms with Crippen molar-refractivity contribution in [1.29, 1.82) is 0 Å². The Morgan fingerprint density at radius 3 is 2.80 bits per heavy atom. The van der Waals surface area contributed by atoms with Crippen LogP contribution in [0.25, 0.3) is 0 Å². The quantitative estimate of drug-likeness (QED) is 0.675. The van der Waals surface area contributed by atoms with Gasteiger partial charge in [-0.05, 0) is 31.0 Å². The van der Waals surface area contributed by atoms with Crippen molar-refractivity contribution in [3.05, 3.63) is 24.2 Å². The van der Waals surface area contributed by atoms with Crippen molar-refractivity contribution in [2.45, 2.75) is 32.7 Å². The van der Waals surface area contributed by atoms with Crippen LogP contribution in [0.4, 0.5) is 0 Å². The SMILES string of the molecule is CC(C)C(CN)NCCCc1ccco1.